The summed E-state index contributed by atoms with van der Waals surface area (Å²) in [4.78, 5) is 12.9. The molecule has 0 aliphatic carbocycles. The molecule has 1 saturated heterocycles. The molecule has 2 unspecified atom stereocenters. The number of aliphatic hydroxyl groups is 5. The Labute approximate surface area is 337 Å². The predicted molar refractivity (Wildman–Crippen MR) is 226 cm³/mol. The van der Waals surface area contributed by atoms with Gasteiger partial charge in [0.05, 0.1) is 25.4 Å². The van der Waals surface area contributed by atoms with Gasteiger partial charge in [0.15, 0.2) is 6.29 Å². The number of ether oxygens (including phenoxy) is 2. The lowest BCUT2D eigenvalue weighted by atomic mass is 9.99. The molecule has 0 saturated carbocycles. The quantitative estimate of drug-likeness (QED) is 0.0267. The smallest absolute Gasteiger partial charge is 0.220 e. The van der Waals surface area contributed by atoms with Gasteiger partial charge in [-0.15, -0.1) is 0 Å². The van der Waals surface area contributed by atoms with Crippen LogP contribution in [0.25, 0.3) is 0 Å². The molecule has 7 atom stereocenters. The van der Waals surface area contributed by atoms with Gasteiger partial charge >= 0.3 is 0 Å². The highest BCUT2D eigenvalue weighted by Gasteiger charge is 2.44. The molecule has 1 aliphatic heterocycles. The van der Waals surface area contributed by atoms with Crippen LogP contribution in [0.4, 0.5) is 0 Å². The largest absolute Gasteiger partial charge is 0.394 e. The number of aliphatic hydroxyl groups excluding tert-OH is 5. The number of rotatable bonds is 39. The number of nitrogens with one attached hydrogen (secondary N) is 1. The number of hydrogen-bond donors (Lipinski definition) is 6. The van der Waals surface area contributed by atoms with Gasteiger partial charge < -0.3 is 40.3 Å². The lowest BCUT2D eigenvalue weighted by Crippen LogP contribution is -2.60. The topological polar surface area (TPSA) is 149 Å². The highest BCUT2D eigenvalue weighted by molar-refractivity contribution is 5.76. The van der Waals surface area contributed by atoms with Crippen LogP contribution in [0.5, 0.6) is 0 Å². The normalized spacial score (nSPS) is 21.3. The van der Waals surface area contributed by atoms with Crippen molar-refractivity contribution in [3.8, 4) is 0 Å². The summed E-state index contributed by atoms with van der Waals surface area (Å²) in [5.74, 6) is -0.174. The van der Waals surface area contributed by atoms with Crippen molar-refractivity contribution < 1.29 is 39.8 Å². The first kappa shape index (κ1) is 51.9. The Hall–Kier alpha value is -1.07. The second-order valence-corrected chi connectivity index (χ2v) is 16.6. The molecule has 0 radical (unpaired) electrons. The molecule has 6 N–H and O–H groups in total. The van der Waals surface area contributed by atoms with Gasteiger partial charge in [-0.05, 0) is 19.3 Å². The first-order chi connectivity index (χ1) is 26.8. The molecule has 1 rings (SSSR count). The number of unbranched alkanes of at least 4 members (excludes halogenated alkanes) is 29. The van der Waals surface area contributed by atoms with Crippen molar-refractivity contribution in [1.29, 1.82) is 0 Å². The number of allylic oxidation sites excluding steroid dienone is 1. The summed E-state index contributed by atoms with van der Waals surface area (Å²) >= 11 is 0. The number of hydrogen-bond acceptors (Lipinski definition) is 8. The van der Waals surface area contributed by atoms with E-state index < -0.39 is 49.5 Å². The third kappa shape index (κ3) is 28.1. The molecular formula is C46H89NO8. The first-order valence-corrected chi connectivity index (χ1v) is 23.4. The molecule has 55 heavy (non-hydrogen) atoms. The Balaban J connectivity index is 2.31. The molecule has 1 fully saturated rings. The third-order valence-corrected chi connectivity index (χ3v) is 11.4. The summed E-state index contributed by atoms with van der Waals surface area (Å²) in [6, 6.07) is -0.797. The van der Waals surface area contributed by atoms with E-state index in [4.69, 9.17) is 9.47 Å². The molecule has 0 aromatic rings. The van der Waals surface area contributed by atoms with Gasteiger partial charge in [0.1, 0.15) is 24.4 Å². The zero-order valence-electron chi connectivity index (χ0n) is 35.7. The molecule has 0 spiro atoms. The van der Waals surface area contributed by atoms with Crippen molar-refractivity contribution in [3.63, 3.8) is 0 Å². The number of amides is 1. The van der Waals surface area contributed by atoms with Gasteiger partial charge in [-0.25, -0.2) is 0 Å². The lowest BCUT2D eigenvalue weighted by molar-refractivity contribution is -0.302. The highest BCUT2D eigenvalue weighted by Crippen LogP contribution is 2.23. The lowest BCUT2D eigenvalue weighted by Gasteiger charge is -2.40. The van der Waals surface area contributed by atoms with Crippen LogP contribution < -0.4 is 5.32 Å². The van der Waals surface area contributed by atoms with Gasteiger partial charge in [0, 0.05) is 6.42 Å². The Bertz CT molecular complexity index is 873. The van der Waals surface area contributed by atoms with Crippen LogP contribution in [0.1, 0.15) is 219 Å². The van der Waals surface area contributed by atoms with Crippen molar-refractivity contribution in [2.75, 3.05) is 13.2 Å². The van der Waals surface area contributed by atoms with Crippen LogP contribution in [0.15, 0.2) is 12.2 Å². The third-order valence-electron chi connectivity index (χ3n) is 11.4. The van der Waals surface area contributed by atoms with Gasteiger partial charge in [-0.1, -0.05) is 206 Å². The molecule has 9 nitrogen and oxygen atoms in total. The molecule has 326 valence electrons. The number of carbonyl (C=O) groups is 1. The minimum Gasteiger partial charge on any atom is -0.394 e. The molecule has 9 heteroatoms. The SMILES string of the molecule is CCCCCCCCCCCCC/C=C\C(O)C(CO[C@@H]1O[C@H](CO)[C@H](O)[C@H](O)[C@H]1O)NC(=O)CCCCCCCCCCCCCCCCCCCCC. The summed E-state index contributed by atoms with van der Waals surface area (Å²) in [6.45, 7) is 3.78. The van der Waals surface area contributed by atoms with E-state index in [2.05, 4.69) is 19.2 Å². The average molecular weight is 784 g/mol. The second kappa shape index (κ2) is 37.2. The van der Waals surface area contributed by atoms with Gasteiger partial charge in [0.25, 0.3) is 0 Å². The highest BCUT2D eigenvalue weighted by atomic mass is 16.7. The summed E-state index contributed by atoms with van der Waals surface area (Å²) in [5, 5.41) is 54.2. The standard InChI is InChI=1S/C46H89NO8/c1-3-5-7-9-11-13-15-17-18-19-20-21-22-24-26-28-30-32-34-36-42(50)47-39(38-54-46-45(53)44(52)43(51)41(37-48)55-46)40(49)35-33-31-29-27-25-23-16-14-12-10-8-6-4-2/h33,35,39-41,43-46,48-49,51-53H,3-32,34,36-38H2,1-2H3,(H,47,50)/b35-33-/t39?,40?,41-,43+,44+,45-,46-/m1/s1. The second-order valence-electron chi connectivity index (χ2n) is 16.6. The van der Waals surface area contributed by atoms with Crippen molar-refractivity contribution in [2.45, 2.75) is 262 Å². The van der Waals surface area contributed by atoms with Crippen LogP contribution in [0, 0.1) is 0 Å². The van der Waals surface area contributed by atoms with Crippen LogP contribution in [-0.2, 0) is 14.3 Å². The molecule has 1 heterocycles. The average Bonchev–Trinajstić information content (AvgIpc) is 3.18. The van der Waals surface area contributed by atoms with Crippen LogP contribution >= 0.6 is 0 Å². The summed E-state index contributed by atoms with van der Waals surface area (Å²) in [7, 11) is 0. The van der Waals surface area contributed by atoms with Gasteiger partial charge in [-0.3, -0.25) is 4.79 Å². The van der Waals surface area contributed by atoms with E-state index in [1.165, 1.54) is 161 Å². The van der Waals surface area contributed by atoms with Crippen molar-refractivity contribution in [3.05, 3.63) is 12.2 Å². The summed E-state index contributed by atoms with van der Waals surface area (Å²) < 4.78 is 11.2. The Morgan fingerprint density at radius 3 is 1.42 bits per heavy atom. The van der Waals surface area contributed by atoms with Crippen molar-refractivity contribution >= 4 is 5.91 Å². The van der Waals surface area contributed by atoms with Crippen LogP contribution in [0.3, 0.4) is 0 Å². The maximum Gasteiger partial charge on any atom is 0.220 e. The van der Waals surface area contributed by atoms with Crippen molar-refractivity contribution in [1.82, 2.24) is 5.32 Å². The minimum absolute atomic E-state index is 0.174. The molecular weight excluding hydrogens is 695 g/mol. The zero-order chi connectivity index (χ0) is 40.2. The van der Waals surface area contributed by atoms with E-state index in [-0.39, 0.29) is 12.5 Å². The summed E-state index contributed by atoms with van der Waals surface area (Å²) in [6.07, 6.45) is 35.4. The van der Waals surface area contributed by atoms with Crippen LogP contribution in [0.2, 0.25) is 0 Å². The molecule has 1 amide bonds. The van der Waals surface area contributed by atoms with E-state index in [0.29, 0.717) is 6.42 Å². The zero-order valence-corrected chi connectivity index (χ0v) is 35.7. The Kier molecular flexibility index (Phi) is 35.2. The van der Waals surface area contributed by atoms with Crippen molar-refractivity contribution in [2.24, 2.45) is 0 Å². The van der Waals surface area contributed by atoms with E-state index in [0.717, 1.165) is 38.5 Å². The molecule has 1 aliphatic rings. The molecule has 0 aromatic heterocycles. The van der Waals surface area contributed by atoms with E-state index in [9.17, 15) is 30.3 Å². The minimum atomic E-state index is -1.56. The van der Waals surface area contributed by atoms with E-state index in [1.807, 2.05) is 6.08 Å². The van der Waals surface area contributed by atoms with Crippen LogP contribution in [-0.4, -0.2) is 87.5 Å². The maximum absolute atomic E-state index is 12.9. The van der Waals surface area contributed by atoms with Gasteiger partial charge in [-0.2, -0.15) is 0 Å². The van der Waals surface area contributed by atoms with E-state index >= 15 is 0 Å². The maximum atomic E-state index is 12.9. The number of carbonyl (C=O) groups excluding carboxylic acids is 1. The monoisotopic (exact) mass is 784 g/mol. The fourth-order valence-electron chi connectivity index (χ4n) is 7.57. The van der Waals surface area contributed by atoms with E-state index in [1.54, 1.807) is 6.08 Å². The fourth-order valence-corrected chi connectivity index (χ4v) is 7.57. The molecule has 0 bridgehead atoms. The first-order valence-electron chi connectivity index (χ1n) is 23.4. The van der Waals surface area contributed by atoms with Gasteiger partial charge in [0.2, 0.25) is 5.91 Å². The fraction of sp³-hybridized carbons (Fsp3) is 0.935. The molecule has 0 aromatic carbocycles. The Morgan fingerprint density at radius 2 is 1.00 bits per heavy atom. The summed E-state index contributed by atoms with van der Waals surface area (Å²) in [5.41, 5.74) is 0. The predicted octanol–water partition coefficient (Wildman–Crippen LogP) is 9.73. The Morgan fingerprint density at radius 1 is 0.600 bits per heavy atom.